The molecule has 10 nitrogen and oxygen atoms in total. The summed E-state index contributed by atoms with van der Waals surface area (Å²) in [6, 6.07) is 2.90. The molecule has 0 bridgehead atoms. The Hall–Kier alpha value is -3.50. The van der Waals surface area contributed by atoms with Crippen molar-refractivity contribution in [1.82, 2.24) is 5.32 Å². The number of rotatable bonds is 3. The van der Waals surface area contributed by atoms with Crippen molar-refractivity contribution in [2.24, 2.45) is 23.5 Å². The third-order valence-corrected chi connectivity index (χ3v) is 7.22. The molecule has 2 saturated carbocycles. The van der Waals surface area contributed by atoms with Gasteiger partial charge < -0.3 is 31.5 Å². The zero-order valence-corrected chi connectivity index (χ0v) is 20.2. The first-order valence-electron chi connectivity index (χ1n) is 11.7. The molecule has 0 radical (unpaired) electrons. The molecule has 2 fully saturated rings. The number of phenolic OH excluding ortho intramolecular Hbond substituents is 1. The summed E-state index contributed by atoms with van der Waals surface area (Å²) in [5, 5.41) is 46.0. The van der Waals surface area contributed by atoms with Gasteiger partial charge in [0.1, 0.15) is 17.4 Å². The van der Waals surface area contributed by atoms with Crippen LogP contribution in [0.15, 0.2) is 23.8 Å². The van der Waals surface area contributed by atoms with Crippen LogP contribution in [0.3, 0.4) is 0 Å². The molecule has 7 N–H and O–H groups in total. The summed E-state index contributed by atoms with van der Waals surface area (Å²) in [6.07, 6.45) is 1.48. The summed E-state index contributed by atoms with van der Waals surface area (Å²) in [6.45, 7) is 5.52. The maximum atomic E-state index is 13.5. The molecule has 36 heavy (non-hydrogen) atoms. The van der Waals surface area contributed by atoms with Crippen LogP contribution in [0, 0.1) is 17.8 Å². The minimum atomic E-state index is -2.62. The molecular formula is C26H30N2O8. The predicted molar refractivity (Wildman–Crippen MR) is 128 cm³/mol. The number of carbonyl (C=O) groups excluding carboxylic acids is 4. The van der Waals surface area contributed by atoms with E-state index in [1.807, 2.05) is 20.8 Å². The normalized spacial score (nSPS) is 30.0. The number of Topliss-reactive ketones (excluding diaryl/α,β-unsaturated/α-hetero) is 2. The highest BCUT2D eigenvalue weighted by Gasteiger charge is 2.63. The molecule has 5 atom stereocenters. The second-order valence-electron chi connectivity index (χ2n) is 10.8. The zero-order chi connectivity index (χ0) is 26.7. The summed E-state index contributed by atoms with van der Waals surface area (Å²) in [5.74, 6) is -7.96. The SMILES string of the molecule is CC(C)(C)NC(=O)/C=C/c1ccc(O)c2c1C[C@H]1C[C@H]3CC(O)C(C(N)=O)C(=O)[C@@]3(O)C(=O)C1=C2O. The number of aromatic hydroxyl groups is 1. The number of amides is 2. The fourth-order valence-electron chi connectivity index (χ4n) is 5.68. The molecule has 10 heteroatoms. The molecule has 1 aromatic carbocycles. The van der Waals surface area contributed by atoms with Crippen molar-refractivity contribution in [3.63, 3.8) is 0 Å². The quantitative estimate of drug-likeness (QED) is 0.257. The van der Waals surface area contributed by atoms with Gasteiger partial charge in [0, 0.05) is 23.1 Å². The van der Waals surface area contributed by atoms with Crippen molar-refractivity contribution in [2.45, 2.75) is 57.3 Å². The van der Waals surface area contributed by atoms with Crippen LogP contribution >= 0.6 is 0 Å². The lowest BCUT2D eigenvalue weighted by Crippen LogP contribution is -2.66. The van der Waals surface area contributed by atoms with E-state index >= 15 is 0 Å². The minimum absolute atomic E-state index is 0.0234. The Morgan fingerprint density at radius 1 is 1.17 bits per heavy atom. The molecule has 2 amide bonds. The predicted octanol–water partition coefficient (Wildman–Crippen LogP) is 0.517. The van der Waals surface area contributed by atoms with Crippen LogP contribution in [0.25, 0.3) is 11.8 Å². The molecule has 0 spiro atoms. The van der Waals surface area contributed by atoms with Gasteiger partial charge in [0.2, 0.25) is 17.6 Å². The van der Waals surface area contributed by atoms with Crippen LogP contribution < -0.4 is 11.1 Å². The number of ketones is 2. The molecule has 1 aromatic rings. The molecular weight excluding hydrogens is 468 g/mol. The number of carbonyl (C=O) groups is 4. The second-order valence-corrected chi connectivity index (χ2v) is 10.8. The minimum Gasteiger partial charge on any atom is -0.507 e. The van der Waals surface area contributed by atoms with E-state index in [0.29, 0.717) is 11.1 Å². The first-order valence-corrected chi connectivity index (χ1v) is 11.7. The fourth-order valence-corrected chi connectivity index (χ4v) is 5.68. The van der Waals surface area contributed by atoms with Crippen LogP contribution in [0.1, 0.15) is 50.3 Å². The number of primary amides is 1. The second kappa shape index (κ2) is 8.56. The Labute approximate surface area is 207 Å². The van der Waals surface area contributed by atoms with Crippen molar-refractivity contribution >= 4 is 35.2 Å². The fraction of sp³-hybridized carbons (Fsp3) is 0.462. The maximum absolute atomic E-state index is 13.5. The number of hydrogen-bond donors (Lipinski definition) is 6. The maximum Gasteiger partial charge on any atom is 0.244 e. The van der Waals surface area contributed by atoms with E-state index in [4.69, 9.17) is 5.73 Å². The van der Waals surface area contributed by atoms with Gasteiger partial charge in [-0.3, -0.25) is 19.2 Å². The van der Waals surface area contributed by atoms with Crippen LogP contribution in [-0.4, -0.2) is 61.1 Å². The average Bonchev–Trinajstić information content (AvgIpc) is 2.74. The molecule has 192 valence electrons. The van der Waals surface area contributed by atoms with Gasteiger partial charge in [-0.05, 0) is 69.2 Å². The van der Waals surface area contributed by atoms with Crippen molar-refractivity contribution in [3.05, 3.63) is 40.5 Å². The highest BCUT2D eigenvalue weighted by molar-refractivity contribution is 6.24. The van der Waals surface area contributed by atoms with Crippen molar-refractivity contribution in [3.8, 4) is 5.75 Å². The number of benzene rings is 1. The van der Waals surface area contributed by atoms with Crippen molar-refractivity contribution < 1.29 is 39.6 Å². The van der Waals surface area contributed by atoms with Crippen LogP contribution in [0.2, 0.25) is 0 Å². The zero-order valence-electron chi connectivity index (χ0n) is 20.2. The monoisotopic (exact) mass is 498 g/mol. The first kappa shape index (κ1) is 25.6. The molecule has 3 aliphatic carbocycles. The summed E-state index contributed by atoms with van der Waals surface area (Å²) >= 11 is 0. The lowest BCUT2D eigenvalue weighted by molar-refractivity contribution is -0.174. The van der Waals surface area contributed by atoms with Crippen LogP contribution in [0.5, 0.6) is 5.75 Å². The number of aliphatic hydroxyl groups is 3. The third-order valence-electron chi connectivity index (χ3n) is 7.22. The highest BCUT2D eigenvalue weighted by atomic mass is 16.3. The molecule has 0 saturated heterocycles. The van der Waals surface area contributed by atoms with Crippen molar-refractivity contribution in [1.29, 1.82) is 0 Å². The molecule has 3 aliphatic rings. The Balaban J connectivity index is 1.78. The summed E-state index contributed by atoms with van der Waals surface area (Å²) in [7, 11) is 0. The Kier molecular flexibility index (Phi) is 6.09. The van der Waals surface area contributed by atoms with Gasteiger partial charge >= 0.3 is 0 Å². The third kappa shape index (κ3) is 4.00. The van der Waals surface area contributed by atoms with Crippen LogP contribution in [0.4, 0.5) is 0 Å². The van der Waals surface area contributed by atoms with Gasteiger partial charge in [0.05, 0.1) is 11.7 Å². The number of phenols is 1. The molecule has 0 aliphatic heterocycles. The molecule has 4 rings (SSSR count). The molecule has 2 unspecified atom stereocenters. The van der Waals surface area contributed by atoms with Gasteiger partial charge in [-0.1, -0.05) is 6.07 Å². The summed E-state index contributed by atoms with van der Waals surface area (Å²) < 4.78 is 0. The molecule has 0 aromatic heterocycles. The van der Waals surface area contributed by atoms with Gasteiger partial charge in [-0.2, -0.15) is 0 Å². The van der Waals surface area contributed by atoms with Gasteiger partial charge in [0.25, 0.3) is 0 Å². The van der Waals surface area contributed by atoms with Gasteiger partial charge in [0.15, 0.2) is 11.4 Å². The Morgan fingerprint density at radius 2 is 1.83 bits per heavy atom. The van der Waals surface area contributed by atoms with E-state index in [0.717, 1.165) is 0 Å². The standard InChI is InChI=1S/C26H30N2O8/c1-25(2,3)28-17(31)7-5-11-4-6-15(29)19-14(11)9-12-8-13-10-16(30)20(24(27)35)23(34)26(13,36)22(33)18(12)21(19)32/h4-7,12-13,16,20,29-30,32,36H,8-10H2,1-3H3,(H2,27,35)(H,28,31)/b7-5+/t12-,13+,16?,20?,26+/m1/s1. The van der Waals surface area contributed by atoms with E-state index < -0.39 is 58.2 Å². The average molecular weight is 499 g/mol. The lowest BCUT2D eigenvalue weighted by atomic mass is 9.56. The largest absolute Gasteiger partial charge is 0.507 e. The molecule has 0 heterocycles. The van der Waals surface area contributed by atoms with E-state index in [1.165, 1.54) is 12.1 Å². The number of fused-ring (bicyclic) bond motifs is 3. The number of nitrogens with two attached hydrogens (primary N) is 1. The number of aliphatic hydroxyl groups excluding tert-OH is 2. The smallest absolute Gasteiger partial charge is 0.244 e. The van der Waals surface area contributed by atoms with E-state index in [-0.39, 0.29) is 42.1 Å². The Bertz CT molecular complexity index is 1240. The van der Waals surface area contributed by atoms with Crippen LogP contribution in [-0.2, 0) is 25.6 Å². The van der Waals surface area contributed by atoms with E-state index in [1.54, 1.807) is 12.1 Å². The highest BCUT2D eigenvalue weighted by Crippen LogP contribution is 2.51. The van der Waals surface area contributed by atoms with Gasteiger partial charge in [-0.25, -0.2) is 0 Å². The number of hydrogen-bond acceptors (Lipinski definition) is 8. The van der Waals surface area contributed by atoms with E-state index in [9.17, 15) is 39.6 Å². The lowest BCUT2D eigenvalue weighted by Gasteiger charge is -2.48. The topological polar surface area (TPSA) is 187 Å². The van der Waals surface area contributed by atoms with Gasteiger partial charge in [-0.15, -0.1) is 0 Å². The number of nitrogens with one attached hydrogen (secondary N) is 1. The van der Waals surface area contributed by atoms with Crippen molar-refractivity contribution in [2.75, 3.05) is 0 Å². The van der Waals surface area contributed by atoms with E-state index in [2.05, 4.69) is 5.32 Å². The summed E-state index contributed by atoms with van der Waals surface area (Å²) in [4.78, 5) is 50.5. The first-order chi connectivity index (χ1) is 16.7. The Morgan fingerprint density at radius 3 is 2.44 bits per heavy atom. The summed E-state index contributed by atoms with van der Waals surface area (Å²) in [5.41, 5.74) is 2.99.